The number of aromatic nitrogens is 1. The van der Waals surface area contributed by atoms with E-state index in [2.05, 4.69) is 15.6 Å². The average Bonchev–Trinajstić information content (AvgIpc) is 3.58. The third-order valence-electron chi connectivity index (χ3n) is 9.36. The first kappa shape index (κ1) is 37.1. The highest BCUT2D eigenvalue weighted by Crippen LogP contribution is 2.29. The molecule has 4 N–H and O–H groups in total. The van der Waals surface area contributed by atoms with Crippen LogP contribution in [0.2, 0.25) is 0 Å². The first-order valence-corrected chi connectivity index (χ1v) is 18.3. The second kappa shape index (κ2) is 19.3. The number of amides is 2. The Kier molecular flexibility index (Phi) is 15.3. The van der Waals surface area contributed by atoms with Crippen LogP contribution in [0.1, 0.15) is 76.5 Å². The van der Waals surface area contributed by atoms with Gasteiger partial charge in [-0.1, -0.05) is 76.3 Å². The minimum absolute atomic E-state index is 0.0294. The molecule has 10 nitrogen and oxygen atoms in total. The third kappa shape index (κ3) is 12.7. The van der Waals surface area contributed by atoms with Gasteiger partial charge in [0.05, 0.1) is 43.1 Å². The highest BCUT2D eigenvalue weighted by atomic mass is 32.1. The van der Waals surface area contributed by atoms with E-state index in [1.165, 1.54) is 17.8 Å². The molecule has 2 heterocycles. The SMILES string of the molecule is CC(C)C[C@H](O)[C@H](O)[C@H](CC1CCCCC1)NC(=O)[C@H](Cc1cscn1)NC(=O)[C@@H](CC(=O)CN1CCOCC1)Cc1ccccc1. The van der Waals surface area contributed by atoms with Crippen molar-refractivity contribution in [2.75, 3.05) is 32.8 Å². The largest absolute Gasteiger partial charge is 0.390 e. The van der Waals surface area contributed by atoms with E-state index in [1.54, 1.807) is 5.51 Å². The maximum Gasteiger partial charge on any atom is 0.243 e. The minimum Gasteiger partial charge on any atom is -0.390 e. The minimum atomic E-state index is -1.14. The lowest BCUT2D eigenvalue weighted by Crippen LogP contribution is -2.56. The zero-order chi connectivity index (χ0) is 33.6. The summed E-state index contributed by atoms with van der Waals surface area (Å²) in [5.74, 6) is -0.986. The van der Waals surface area contributed by atoms with Gasteiger partial charge in [0.1, 0.15) is 17.9 Å². The number of aliphatic hydroxyl groups is 2. The van der Waals surface area contributed by atoms with Gasteiger partial charge in [0.25, 0.3) is 0 Å². The Hall–Kier alpha value is -2.70. The molecule has 0 spiro atoms. The number of ether oxygens (including phenoxy) is 1. The molecule has 5 atom stereocenters. The predicted octanol–water partition coefficient (Wildman–Crippen LogP) is 3.54. The second-order valence-electron chi connectivity index (χ2n) is 13.8. The standard InChI is InChI=1S/C36H54N4O6S/c1-25(2)17-33(42)34(43)31(19-27-11-7-4-8-12-27)38-36(45)32(21-29-23-47-24-37-29)39-35(44)28(18-26-9-5-3-6-10-26)20-30(41)22-40-13-15-46-16-14-40/h3,5-6,9-10,23-25,27-28,31-34,42-43H,4,7-8,11-22H2,1-2H3,(H,38,45)(H,39,44)/t28-,31+,32+,33+,34-/m1/s1. The monoisotopic (exact) mass is 670 g/mol. The summed E-state index contributed by atoms with van der Waals surface area (Å²) in [6.45, 7) is 6.75. The lowest BCUT2D eigenvalue weighted by Gasteiger charge is -2.34. The molecule has 0 radical (unpaired) electrons. The van der Waals surface area contributed by atoms with Crippen molar-refractivity contribution in [3.8, 4) is 0 Å². The summed E-state index contributed by atoms with van der Waals surface area (Å²) >= 11 is 1.41. The van der Waals surface area contributed by atoms with Crippen molar-refractivity contribution in [3.05, 3.63) is 52.5 Å². The van der Waals surface area contributed by atoms with Crippen molar-refractivity contribution in [2.45, 2.75) is 102 Å². The fourth-order valence-corrected chi connectivity index (χ4v) is 7.36. The number of benzene rings is 1. The molecule has 260 valence electrons. The van der Waals surface area contributed by atoms with Gasteiger partial charge in [0.15, 0.2) is 0 Å². The Bertz CT molecular complexity index is 1220. The van der Waals surface area contributed by atoms with Crippen LogP contribution in [0.4, 0.5) is 0 Å². The van der Waals surface area contributed by atoms with Crippen molar-refractivity contribution in [1.29, 1.82) is 0 Å². The molecular weight excluding hydrogens is 616 g/mol. The normalized spacial score (nSPS) is 19.4. The van der Waals surface area contributed by atoms with E-state index in [4.69, 9.17) is 4.74 Å². The Labute approximate surface area is 283 Å². The number of thiazole rings is 1. The van der Waals surface area contributed by atoms with Crippen molar-refractivity contribution in [2.24, 2.45) is 17.8 Å². The zero-order valence-corrected chi connectivity index (χ0v) is 28.8. The van der Waals surface area contributed by atoms with Crippen LogP contribution in [-0.2, 0) is 32.0 Å². The van der Waals surface area contributed by atoms with Gasteiger partial charge in [-0.05, 0) is 36.7 Å². The summed E-state index contributed by atoms with van der Waals surface area (Å²) < 4.78 is 5.41. The topological polar surface area (TPSA) is 141 Å². The maximum absolute atomic E-state index is 14.0. The molecule has 0 bridgehead atoms. The number of nitrogens with one attached hydrogen (secondary N) is 2. The second-order valence-corrected chi connectivity index (χ2v) is 14.5. The van der Waals surface area contributed by atoms with Gasteiger partial charge in [-0.2, -0.15) is 0 Å². The fraction of sp³-hybridized carbons (Fsp3) is 0.667. The molecule has 2 aliphatic rings. The average molecular weight is 671 g/mol. The molecule has 2 amide bonds. The van der Waals surface area contributed by atoms with Gasteiger partial charge in [-0.15, -0.1) is 11.3 Å². The lowest BCUT2D eigenvalue weighted by atomic mass is 9.82. The quantitative estimate of drug-likeness (QED) is 0.189. The highest BCUT2D eigenvalue weighted by Gasteiger charge is 2.34. The number of hydrogen-bond donors (Lipinski definition) is 4. The van der Waals surface area contributed by atoms with Gasteiger partial charge < -0.3 is 25.6 Å². The number of rotatable bonds is 18. The van der Waals surface area contributed by atoms with Crippen LogP contribution in [0.3, 0.4) is 0 Å². The number of carbonyl (C=O) groups is 3. The van der Waals surface area contributed by atoms with Crippen molar-refractivity contribution in [1.82, 2.24) is 20.5 Å². The lowest BCUT2D eigenvalue weighted by molar-refractivity contribution is -0.134. The van der Waals surface area contributed by atoms with Gasteiger partial charge in [0.2, 0.25) is 11.8 Å². The number of nitrogens with zero attached hydrogens (tertiary/aromatic N) is 2. The van der Waals surface area contributed by atoms with Crippen LogP contribution < -0.4 is 10.6 Å². The van der Waals surface area contributed by atoms with E-state index in [-0.39, 0.29) is 37.0 Å². The summed E-state index contributed by atoms with van der Waals surface area (Å²) in [7, 11) is 0. The molecule has 1 saturated heterocycles. The number of morpholine rings is 1. The Morgan fingerprint density at radius 1 is 1.00 bits per heavy atom. The number of ketones is 1. The van der Waals surface area contributed by atoms with Crippen LogP contribution in [0.15, 0.2) is 41.2 Å². The molecular formula is C36H54N4O6S. The first-order chi connectivity index (χ1) is 22.7. The molecule has 4 rings (SSSR count). The number of aliphatic hydroxyl groups excluding tert-OH is 2. The van der Waals surface area contributed by atoms with Gasteiger partial charge in [-0.25, -0.2) is 4.98 Å². The van der Waals surface area contributed by atoms with Crippen LogP contribution in [0.5, 0.6) is 0 Å². The number of Topliss-reactive ketones (excluding diaryl/α,β-unsaturated/α-hetero) is 1. The molecule has 2 aromatic rings. The van der Waals surface area contributed by atoms with E-state index >= 15 is 0 Å². The summed E-state index contributed by atoms with van der Waals surface area (Å²) in [5.41, 5.74) is 3.29. The molecule has 2 fully saturated rings. The number of carbonyl (C=O) groups excluding carboxylic acids is 3. The molecule has 11 heteroatoms. The molecule has 1 aromatic heterocycles. The highest BCUT2D eigenvalue weighted by molar-refractivity contribution is 7.07. The molecule has 47 heavy (non-hydrogen) atoms. The van der Waals surface area contributed by atoms with Crippen LogP contribution >= 0.6 is 11.3 Å². The van der Waals surface area contributed by atoms with Gasteiger partial charge in [0, 0.05) is 37.2 Å². The summed E-state index contributed by atoms with van der Waals surface area (Å²) in [4.78, 5) is 47.7. The zero-order valence-electron chi connectivity index (χ0n) is 28.0. The Morgan fingerprint density at radius 2 is 1.72 bits per heavy atom. The fourth-order valence-electron chi connectivity index (χ4n) is 6.79. The van der Waals surface area contributed by atoms with E-state index < -0.39 is 36.1 Å². The van der Waals surface area contributed by atoms with Crippen LogP contribution in [-0.4, -0.2) is 94.8 Å². The van der Waals surface area contributed by atoms with Crippen molar-refractivity contribution in [3.63, 3.8) is 0 Å². The predicted molar refractivity (Wildman–Crippen MR) is 183 cm³/mol. The van der Waals surface area contributed by atoms with E-state index in [0.717, 1.165) is 31.2 Å². The number of hydrogen-bond acceptors (Lipinski definition) is 9. The first-order valence-electron chi connectivity index (χ1n) is 17.4. The summed E-state index contributed by atoms with van der Waals surface area (Å²) in [6.07, 6.45) is 4.90. The molecule has 1 saturated carbocycles. The van der Waals surface area contributed by atoms with Gasteiger partial charge in [-0.3, -0.25) is 19.3 Å². The maximum atomic E-state index is 14.0. The summed E-state index contributed by atoms with van der Waals surface area (Å²) in [5, 5.41) is 30.1. The van der Waals surface area contributed by atoms with E-state index in [1.807, 2.05) is 54.5 Å². The van der Waals surface area contributed by atoms with E-state index in [9.17, 15) is 24.6 Å². The smallest absolute Gasteiger partial charge is 0.243 e. The molecule has 0 unspecified atom stereocenters. The van der Waals surface area contributed by atoms with Gasteiger partial charge >= 0.3 is 0 Å². The van der Waals surface area contributed by atoms with Crippen LogP contribution in [0.25, 0.3) is 0 Å². The van der Waals surface area contributed by atoms with Crippen LogP contribution in [0, 0.1) is 17.8 Å². The summed E-state index contributed by atoms with van der Waals surface area (Å²) in [6, 6.07) is 7.96. The Morgan fingerprint density at radius 3 is 2.38 bits per heavy atom. The van der Waals surface area contributed by atoms with Crippen molar-refractivity contribution < 1.29 is 29.3 Å². The molecule has 1 aliphatic carbocycles. The molecule has 1 aromatic carbocycles. The van der Waals surface area contributed by atoms with Crippen molar-refractivity contribution >= 4 is 28.9 Å². The Balaban J connectivity index is 1.51. The van der Waals surface area contributed by atoms with E-state index in [0.29, 0.717) is 57.2 Å². The third-order valence-corrected chi connectivity index (χ3v) is 10.00. The molecule has 1 aliphatic heterocycles.